The maximum atomic E-state index is 12.8. The van der Waals surface area contributed by atoms with Crippen LogP contribution in [0.15, 0.2) is 65.5 Å². The lowest BCUT2D eigenvalue weighted by Crippen LogP contribution is -2.43. The fraction of sp³-hybridized carbons (Fsp3) is 0.320. The van der Waals surface area contributed by atoms with E-state index < -0.39 is 0 Å². The minimum absolute atomic E-state index is 0.0121. The number of halogens is 1. The number of amides is 1. The van der Waals surface area contributed by atoms with Crippen molar-refractivity contribution in [3.05, 3.63) is 87.2 Å². The molecule has 7 heteroatoms. The smallest absolute Gasteiger partial charge is 0.271 e. The minimum atomic E-state index is -0.177. The maximum Gasteiger partial charge on any atom is 0.271 e. The molecular weight excluding hydrogens is 424 g/mol. The third-order valence-electron chi connectivity index (χ3n) is 5.90. The summed E-state index contributed by atoms with van der Waals surface area (Å²) in [6.07, 6.45) is 2.65. The highest BCUT2D eigenvalue weighted by Gasteiger charge is 2.27. The first-order valence-corrected chi connectivity index (χ1v) is 11.4. The second-order valence-electron chi connectivity index (χ2n) is 8.06. The molecule has 1 N–H and O–H groups in total. The third kappa shape index (κ3) is 5.02. The van der Waals surface area contributed by atoms with E-state index in [0.717, 1.165) is 37.1 Å². The Bertz CT molecular complexity index is 1140. The van der Waals surface area contributed by atoms with Crippen LogP contribution in [0.1, 0.15) is 30.9 Å². The first kappa shape index (κ1) is 22.1. The van der Waals surface area contributed by atoms with Crippen molar-refractivity contribution in [2.24, 2.45) is 5.92 Å². The molecule has 1 fully saturated rings. The molecular formula is C25H27ClN4O2. The summed E-state index contributed by atoms with van der Waals surface area (Å²) in [7, 11) is 0. The number of carbonyl (C=O) groups excluding carboxylic acids is 1. The van der Waals surface area contributed by atoms with Crippen LogP contribution in [-0.4, -0.2) is 28.8 Å². The van der Waals surface area contributed by atoms with Gasteiger partial charge in [0, 0.05) is 30.7 Å². The number of hydrogen-bond donors (Lipinski definition) is 1. The van der Waals surface area contributed by atoms with Crippen molar-refractivity contribution in [3.8, 4) is 5.69 Å². The van der Waals surface area contributed by atoms with Crippen molar-refractivity contribution >= 4 is 23.3 Å². The number of piperidine rings is 1. The molecule has 1 unspecified atom stereocenters. The number of nitrogens with zero attached hydrogens (tertiary/aromatic N) is 3. The molecule has 1 aromatic heterocycles. The highest BCUT2D eigenvalue weighted by molar-refractivity contribution is 6.31. The standard InChI is InChI=1S/C25H27ClN4O2/c1-2-18-9-11-21(12-10-18)30-24(31)14-13-23(28-30)29-15-5-7-20(17-29)25(32)27-16-19-6-3-4-8-22(19)26/h3-4,6,8-14,20H,2,5,7,15-17H2,1H3,(H,27,32). The molecule has 1 saturated heterocycles. The topological polar surface area (TPSA) is 67.2 Å². The molecule has 0 saturated carbocycles. The molecule has 1 amide bonds. The van der Waals surface area contributed by atoms with Crippen LogP contribution in [0.25, 0.3) is 5.69 Å². The number of hydrogen-bond acceptors (Lipinski definition) is 4. The van der Waals surface area contributed by atoms with Crippen LogP contribution in [0.4, 0.5) is 5.82 Å². The van der Waals surface area contributed by atoms with Gasteiger partial charge in [-0.3, -0.25) is 9.59 Å². The van der Waals surface area contributed by atoms with Crippen LogP contribution in [0.5, 0.6) is 0 Å². The Hall–Kier alpha value is -3.12. The third-order valence-corrected chi connectivity index (χ3v) is 6.27. The lowest BCUT2D eigenvalue weighted by Gasteiger charge is -2.33. The van der Waals surface area contributed by atoms with E-state index in [2.05, 4.69) is 22.2 Å². The lowest BCUT2D eigenvalue weighted by atomic mass is 9.97. The highest BCUT2D eigenvalue weighted by atomic mass is 35.5. The molecule has 1 aliphatic rings. The van der Waals surface area contributed by atoms with Gasteiger partial charge >= 0.3 is 0 Å². The quantitative estimate of drug-likeness (QED) is 0.616. The van der Waals surface area contributed by atoms with E-state index in [-0.39, 0.29) is 17.4 Å². The minimum Gasteiger partial charge on any atom is -0.354 e. The van der Waals surface area contributed by atoms with Gasteiger partial charge in [0.05, 0.1) is 11.6 Å². The van der Waals surface area contributed by atoms with Crippen molar-refractivity contribution in [2.75, 3.05) is 18.0 Å². The van der Waals surface area contributed by atoms with E-state index in [4.69, 9.17) is 11.6 Å². The fourth-order valence-electron chi connectivity index (χ4n) is 4.00. The molecule has 2 aromatic carbocycles. The van der Waals surface area contributed by atoms with E-state index in [1.54, 1.807) is 6.07 Å². The molecule has 0 spiro atoms. The Morgan fingerprint density at radius 1 is 1.12 bits per heavy atom. The van der Waals surface area contributed by atoms with Crippen LogP contribution in [0, 0.1) is 5.92 Å². The highest BCUT2D eigenvalue weighted by Crippen LogP contribution is 2.22. The van der Waals surface area contributed by atoms with Gasteiger partial charge in [0.2, 0.25) is 5.91 Å². The predicted octanol–water partition coefficient (Wildman–Crippen LogP) is 3.98. The van der Waals surface area contributed by atoms with Crippen LogP contribution in [0.2, 0.25) is 5.02 Å². The summed E-state index contributed by atoms with van der Waals surface area (Å²) in [6.45, 7) is 3.87. The molecule has 2 heterocycles. The summed E-state index contributed by atoms with van der Waals surface area (Å²) in [4.78, 5) is 27.3. The van der Waals surface area contributed by atoms with Gasteiger partial charge in [0.15, 0.2) is 0 Å². The number of benzene rings is 2. The van der Waals surface area contributed by atoms with Gasteiger partial charge in [-0.1, -0.05) is 48.9 Å². The van der Waals surface area contributed by atoms with Crippen molar-refractivity contribution in [1.29, 1.82) is 0 Å². The Labute approximate surface area is 192 Å². The fourth-order valence-corrected chi connectivity index (χ4v) is 4.20. The van der Waals surface area contributed by atoms with Crippen LogP contribution in [0.3, 0.4) is 0 Å². The van der Waals surface area contributed by atoms with E-state index in [1.807, 2.05) is 48.5 Å². The number of aromatic nitrogens is 2. The number of carbonyl (C=O) groups is 1. The zero-order chi connectivity index (χ0) is 22.5. The zero-order valence-electron chi connectivity index (χ0n) is 18.1. The van der Waals surface area contributed by atoms with E-state index >= 15 is 0 Å². The van der Waals surface area contributed by atoms with Crippen LogP contribution < -0.4 is 15.8 Å². The number of rotatable bonds is 6. The molecule has 3 aromatic rings. The average molecular weight is 451 g/mol. The Kier molecular flexibility index (Phi) is 6.90. The Balaban J connectivity index is 1.46. The summed E-state index contributed by atoms with van der Waals surface area (Å²) in [5.74, 6) is 0.572. The maximum absolute atomic E-state index is 12.8. The molecule has 4 rings (SSSR count). The zero-order valence-corrected chi connectivity index (χ0v) is 18.9. The normalized spacial score (nSPS) is 16.1. The van der Waals surface area contributed by atoms with E-state index in [9.17, 15) is 9.59 Å². The van der Waals surface area contributed by atoms with Gasteiger partial charge in [0.1, 0.15) is 5.82 Å². The van der Waals surface area contributed by atoms with Gasteiger partial charge in [0.25, 0.3) is 5.56 Å². The summed E-state index contributed by atoms with van der Waals surface area (Å²) in [5, 5.41) is 8.26. The van der Waals surface area contributed by atoms with Crippen molar-refractivity contribution in [1.82, 2.24) is 15.1 Å². The molecule has 166 valence electrons. The van der Waals surface area contributed by atoms with Gasteiger partial charge < -0.3 is 10.2 Å². The van der Waals surface area contributed by atoms with Crippen LogP contribution >= 0.6 is 11.6 Å². The van der Waals surface area contributed by atoms with Crippen LogP contribution in [-0.2, 0) is 17.8 Å². The molecule has 1 atom stereocenters. The predicted molar refractivity (Wildman–Crippen MR) is 127 cm³/mol. The monoisotopic (exact) mass is 450 g/mol. The van der Waals surface area contributed by atoms with E-state index in [0.29, 0.717) is 23.9 Å². The van der Waals surface area contributed by atoms with Crippen molar-refractivity contribution < 1.29 is 4.79 Å². The average Bonchev–Trinajstić information content (AvgIpc) is 2.84. The molecule has 6 nitrogen and oxygen atoms in total. The van der Waals surface area contributed by atoms with Gasteiger partial charge in [-0.2, -0.15) is 4.68 Å². The van der Waals surface area contributed by atoms with E-state index in [1.165, 1.54) is 16.3 Å². The first-order chi connectivity index (χ1) is 15.5. The first-order valence-electron chi connectivity index (χ1n) is 11.0. The van der Waals surface area contributed by atoms with Gasteiger partial charge in [-0.25, -0.2) is 0 Å². The Morgan fingerprint density at radius 3 is 2.66 bits per heavy atom. The largest absolute Gasteiger partial charge is 0.354 e. The van der Waals surface area contributed by atoms with Gasteiger partial charge in [-0.05, 0) is 54.7 Å². The number of aryl methyl sites for hydroxylation is 1. The lowest BCUT2D eigenvalue weighted by molar-refractivity contribution is -0.125. The van der Waals surface area contributed by atoms with Crippen molar-refractivity contribution in [2.45, 2.75) is 32.7 Å². The van der Waals surface area contributed by atoms with Gasteiger partial charge in [-0.15, -0.1) is 5.10 Å². The SMILES string of the molecule is CCc1ccc(-n2nc(N3CCCC(C(=O)NCc4ccccc4Cl)C3)ccc2=O)cc1. The molecule has 32 heavy (non-hydrogen) atoms. The second kappa shape index (κ2) is 10.0. The Morgan fingerprint density at radius 2 is 1.91 bits per heavy atom. The summed E-state index contributed by atoms with van der Waals surface area (Å²) in [5.41, 5.74) is 2.67. The summed E-state index contributed by atoms with van der Waals surface area (Å²) < 4.78 is 1.43. The number of nitrogens with one attached hydrogen (secondary N) is 1. The number of anilines is 1. The second-order valence-corrected chi connectivity index (χ2v) is 8.46. The summed E-state index contributed by atoms with van der Waals surface area (Å²) in [6, 6.07) is 18.6. The summed E-state index contributed by atoms with van der Waals surface area (Å²) >= 11 is 6.20. The molecule has 0 radical (unpaired) electrons. The molecule has 0 bridgehead atoms. The van der Waals surface area contributed by atoms with Crippen molar-refractivity contribution in [3.63, 3.8) is 0 Å². The molecule has 0 aliphatic carbocycles. The molecule has 1 aliphatic heterocycles.